The van der Waals surface area contributed by atoms with Crippen LogP contribution in [0.1, 0.15) is 13.8 Å². The van der Waals surface area contributed by atoms with Gasteiger partial charge in [0.05, 0.1) is 25.9 Å². The van der Waals surface area contributed by atoms with Gasteiger partial charge in [0.15, 0.2) is 6.29 Å². The van der Waals surface area contributed by atoms with Gasteiger partial charge in [0, 0.05) is 0 Å². The molecule has 1 saturated heterocycles. The first kappa shape index (κ1) is 9.92. The predicted octanol–water partition coefficient (Wildman–Crippen LogP) is 0.145. The van der Waals surface area contributed by atoms with Crippen LogP contribution in [0.5, 0.6) is 0 Å². The third-order valence-electron chi connectivity index (χ3n) is 1.61. The van der Waals surface area contributed by atoms with Crippen molar-refractivity contribution >= 4 is 0 Å². The zero-order chi connectivity index (χ0) is 8.97. The number of hydrogen-bond acceptors (Lipinski definition) is 4. The smallest absolute Gasteiger partial charge is 0.155 e. The molecular weight excluding hydrogens is 160 g/mol. The highest BCUT2D eigenvalue weighted by Gasteiger charge is 2.19. The van der Waals surface area contributed by atoms with E-state index in [1.807, 2.05) is 6.92 Å². The van der Waals surface area contributed by atoms with Gasteiger partial charge in [0.2, 0.25) is 0 Å². The maximum absolute atomic E-state index is 8.93. The van der Waals surface area contributed by atoms with E-state index in [4.69, 9.17) is 19.3 Å². The Morgan fingerprint density at radius 2 is 2.08 bits per heavy atom. The molecule has 0 saturated carbocycles. The van der Waals surface area contributed by atoms with E-state index in [9.17, 15) is 0 Å². The number of ether oxygens (including phenoxy) is 3. The summed E-state index contributed by atoms with van der Waals surface area (Å²) in [5, 5.41) is 8.93. The molecule has 1 fully saturated rings. The van der Waals surface area contributed by atoms with Gasteiger partial charge in [-0.3, -0.25) is 0 Å². The van der Waals surface area contributed by atoms with Crippen LogP contribution >= 0.6 is 0 Å². The van der Waals surface area contributed by atoms with Gasteiger partial charge < -0.3 is 19.3 Å². The molecule has 1 heterocycles. The average Bonchev–Trinajstić information content (AvgIpc) is 2.03. The maximum atomic E-state index is 8.93. The fraction of sp³-hybridized carbons (Fsp3) is 1.00. The molecule has 0 radical (unpaired) electrons. The van der Waals surface area contributed by atoms with Gasteiger partial charge in [-0.2, -0.15) is 0 Å². The summed E-state index contributed by atoms with van der Waals surface area (Å²) < 4.78 is 15.7. The largest absolute Gasteiger partial charge is 0.391 e. The molecule has 4 heteroatoms. The zero-order valence-corrected chi connectivity index (χ0v) is 7.53. The summed E-state index contributed by atoms with van der Waals surface area (Å²) in [5.41, 5.74) is 0. The van der Waals surface area contributed by atoms with Crippen LogP contribution < -0.4 is 0 Å². The lowest BCUT2D eigenvalue weighted by molar-refractivity contribution is -0.221. The first-order valence-electron chi connectivity index (χ1n) is 4.21. The Kier molecular flexibility index (Phi) is 3.94. The quantitative estimate of drug-likeness (QED) is 0.664. The highest BCUT2D eigenvalue weighted by molar-refractivity contribution is 4.61. The summed E-state index contributed by atoms with van der Waals surface area (Å²) >= 11 is 0. The maximum Gasteiger partial charge on any atom is 0.155 e. The summed E-state index contributed by atoms with van der Waals surface area (Å²) in [6.45, 7) is 4.98. The summed E-state index contributed by atoms with van der Waals surface area (Å²) in [5.74, 6) is 0. The molecule has 1 N–H and O–H groups in total. The standard InChI is InChI=1S/C8H16O4/c1-6(9)3-12-8-4-10-7(2)11-5-8/h6-9H,3-5H2,1-2H3. The molecule has 12 heavy (non-hydrogen) atoms. The van der Waals surface area contributed by atoms with E-state index in [-0.39, 0.29) is 12.4 Å². The van der Waals surface area contributed by atoms with Gasteiger partial charge in [-0.05, 0) is 13.8 Å². The molecule has 1 unspecified atom stereocenters. The minimum absolute atomic E-state index is 0.0317. The number of aliphatic hydroxyl groups is 1. The predicted molar refractivity (Wildman–Crippen MR) is 42.8 cm³/mol. The molecule has 0 amide bonds. The van der Waals surface area contributed by atoms with Crippen molar-refractivity contribution in [1.29, 1.82) is 0 Å². The second kappa shape index (κ2) is 4.77. The number of hydrogen-bond donors (Lipinski definition) is 1. The first-order valence-corrected chi connectivity index (χ1v) is 4.21. The Hall–Kier alpha value is -0.160. The van der Waals surface area contributed by atoms with Crippen LogP contribution in [0.3, 0.4) is 0 Å². The van der Waals surface area contributed by atoms with Crippen molar-refractivity contribution in [3.8, 4) is 0 Å². The van der Waals surface area contributed by atoms with Crippen LogP contribution in [-0.4, -0.2) is 43.4 Å². The van der Waals surface area contributed by atoms with Crippen LogP contribution in [-0.2, 0) is 14.2 Å². The van der Waals surface area contributed by atoms with Gasteiger partial charge in [0.1, 0.15) is 6.10 Å². The van der Waals surface area contributed by atoms with Crippen LogP contribution in [0.4, 0.5) is 0 Å². The lowest BCUT2D eigenvalue weighted by Gasteiger charge is -2.27. The molecule has 0 aromatic carbocycles. The second-order valence-corrected chi connectivity index (χ2v) is 3.04. The van der Waals surface area contributed by atoms with Crippen molar-refractivity contribution < 1.29 is 19.3 Å². The highest BCUT2D eigenvalue weighted by atomic mass is 16.7. The van der Waals surface area contributed by atoms with Crippen LogP contribution in [0.25, 0.3) is 0 Å². The van der Waals surface area contributed by atoms with Gasteiger partial charge in [-0.25, -0.2) is 0 Å². The van der Waals surface area contributed by atoms with E-state index in [0.29, 0.717) is 19.8 Å². The molecule has 0 aliphatic carbocycles. The third-order valence-corrected chi connectivity index (χ3v) is 1.61. The SMILES string of the molecule is CC(O)COC1COC(C)OC1. The molecule has 0 aromatic heterocycles. The van der Waals surface area contributed by atoms with E-state index in [0.717, 1.165) is 0 Å². The van der Waals surface area contributed by atoms with Crippen LogP contribution in [0.2, 0.25) is 0 Å². The Morgan fingerprint density at radius 1 is 1.50 bits per heavy atom. The highest BCUT2D eigenvalue weighted by Crippen LogP contribution is 2.07. The second-order valence-electron chi connectivity index (χ2n) is 3.04. The zero-order valence-electron chi connectivity index (χ0n) is 7.53. The summed E-state index contributed by atoms with van der Waals surface area (Å²) in [6.07, 6.45) is -0.587. The molecule has 72 valence electrons. The van der Waals surface area contributed by atoms with Gasteiger partial charge in [0.25, 0.3) is 0 Å². The molecule has 1 aliphatic rings. The van der Waals surface area contributed by atoms with Gasteiger partial charge in [-0.1, -0.05) is 0 Å². The minimum Gasteiger partial charge on any atom is -0.391 e. The van der Waals surface area contributed by atoms with Crippen molar-refractivity contribution in [3.63, 3.8) is 0 Å². The third kappa shape index (κ3) is 3.49. The number of rotatable bonds is 3. The average molecular weight is 176 g/mol. The summed E-state index contributed by atoms with van der Waals surface area (Å²) in [6, 6.07) is 0. The Balaban J connectivity index is 2.09. The molecule has 0 aromatic rings. The molecule has 1 atom stereocenters. The molecular formula is C8H16O4. The van der Waals surface area contributed by atoms with Crippen LogP contribution in [0, 0.1) is 0 Å². The molecule has 0 bridgehead atoms. The first-order chi connectivity index (χ1) is 5.68. The van der Waals surface area contributed by atoms with E-state index in [2.05, 4.69) is 0 Å². The molecule has 1 rings (SSSR count). The molecule has 4 nitrogen and oxygen atoms in total. The van der Waals surface area contributed by atoms with Crippen LogP contribution in [0.15, 0.2) is 0 Å². The lowest BCUT2D eigenvalue weighted by Crippen LogP contribution is -2.37. The summed E-state index contributed by atoms with van der Waals surface area (Å²) in [4.78, 5) is 0. The van der Waals surface area contributed by atoms with E-state index >= 15 is 0 Å². The fourth-order valence-electron chi connectivity index (χ4n) is 0.953. The van der Waals surface area contributed by atoms with Crippen molar-refractivity contribution in [2.75, 3.05) is 19.8 Å². The van der Waals surface area contributed by atoms with E-state index < -0.39 is 6.10 Å². The monoisotopic (exact) mass is 176 g/mol. The fourth-order valence-corrected chi connectivity index (χ4v) is 0.953. The number of aliphatic hydroxyl groups excluding tert-OH is 1. The van der Waals surface area contributed by atoms with Gasteiger partial charge in [-0.15, -0.1) is 0 Å². The van der Waals surface area contributed by atoms with E-state index in [1.165, 1.54) is 0 Å². The molecule has 1 aliphatic heterocycles. The van der Waals surface area contributed by atoms with E-state index in [1.54, 1.807) is 6.92 Å². The Morgan fingerprint density at radius 3 is 2.58 bits per heavy atom. The van der Waals surface area contributed by atoms with Gasteiger partial charge >= 0.3 is 0 Å². The van der Waals surface area contributed by atoms with Crippen molar-refractivity contribution in [3.05, 3.63) is 0 Å². The topological polar surface area (TPSA) is 47.9 Å². The van der Waals surface area contributed by atoms with Crippen molar-refractivity contribution in [2.24, 2.45) is 0 Å². The Labute approximate surface area is 72.4 Å². The molecule has 0 spiro atoms. The minimum atomic E-state index is -0.427. The Bertz CT molecular complexity index is 118. The van der Waals surface area contributed by atoms with Crippen molar-refractivity contribution in [2.45, 2.75) is 32.3 Å². The van der Waals surface area contributed by atoms with Crippen molar-refractivity contribution in [1.82, 2.24) is 0 Å². The summed E-state index contributed by atoms with van der Waals surface area (Å²) in [7, 11) is 0. The lowest BCUT2D eigenvalue weighted by atomic mass is 10.3. The normalized spacial score (nSPS) is 33.2.